The van der Waals surface area contributed by atoms with Crippen molar-refractivity contribution in [2.75, 3.05) is 19.5 Å². The highest BCUT2D eigenvalue weighted by Gasteiger charge is 2.21. The van der Waals surface area contributed by atoms with Crippen LogP contribution in [0, 0.1) is 0 Å². The number of hydrogen-bond donors (Lipinski definition) is 1. The van der Waals surface area contributed by atoms with Gasteiger partial charge in [-0.2, -0.15) is 0 Å². The summed E-state index contributed by atoms with van der Waals surface area (Å²) in [5, 5.41) is 4.78. The van der Waals surface area contributed by atoms with Crippen molar-refractivity contribution in [2.45, 2.75) is 0 Å². The van der Waals surface area contributed by atoms with Crippen LogP contribution in [0.15, 0.2) is 24.0 Å². The predicted octanol–water partition coefficient (Wildman–Crippen LogP) is 4.27. The summed E-state index contributed by atoms with van der Waals surface area (Å²) in [5.41, 5.74) is 1.19. The van der Waals surface area contributed by atoms with E-state index in [4.69, 9.17) is 32.7 Å². The predicted molar refractivity (Wildman–Crippen MR) is 94.9 cm³/mol. The van der Waals surface area contributed by atoms with Crippen molar-refractivity contribution in [3.05, 3.63) is 39.6 Å². The molecular weight excluding hydrogens is 373 g/mol. The average Bonchev–Trinajstić information content (AvgIpc) is 3.03. The van der Waals surface area contributed by atoms with Crippen LogP contribution in [0.1, 0.15) is 10.4 Å². The van der Waals surface area contributed by atoms with Gasteiger partial charge in [-0.25, -0.2) is 9.97 Å². The highest BCUT2D eigenvalue weighted by molar-refractivity contribution is 7.17. The Bertz CT molecular complexity index is 901. The lowest BCUT2D eigenvalue weighted by Crippen LogP contribution is -2.13. The van der Waals surface area contributed by atoms with E-state index in [1.165, 1.54) is 31.9 Å². The summed E-state index contributed by atoms with van der Waals surface area (Å²) < 4.78 is 11.2. The molecule has 0 aliphatic rings. The molecule has 2 heterocycles. The Morgan fingerprint density at radius 1 is 1.21 bits per heavy atom. The van der Waals surface area contributed by atoms with Crippen LogP contribution in [0.25, 0.3) is 10.2 Å². The standard InChI is InChI=1S/C15H11Cl2N3O3S/c1-22-8-3-9(23-2)12(17)14(11(8)16)20-15(21)7-5-24-10-4-18-6-19-13(7)10/h3-6H,1-2H3,(H,20,21). The zero-order chi connectivity index (χ0) is 17.3. The fourth-order valence-corrected chi connectivity index (χ4v) is 3.58. The summed E-state index contributed by atoms with van der Waals surface area (Å²) in [6.07, 6.45) is 3.04. The molecule has 0 saturated heterocycles. The molecule has 1 aromatic carbocycles. The molecule has 0 atom stereocenters. The Morgan fingerprint density at radius 2 is 1.88 bits per heavy atom. The average molecular weight is 384 g/mol. The van der Waals surface area contributed by atoms with Gasteiger partial charge in [-0.05, 0) is 0 Å². The summed E-state index contributed by atoms with van der Waals surface area (Å²) in [7, 11) is 2.92. The topological polar surface area (TPSA) is 73.3 Å². The van der Waals surface area contributed by atoms with Crippen LogP contribution < -0.4 is 14.8 Å². The maximum atomic E-state index is 12.6. The van der Waals surface area contributed by atoms with E-state index in [1.54, 1.807) is 17.6 Å². The number of anilines is 1. The largest absolute Gasteiger partial charge is 0.495 e. The van der Waals surface area contributed by atoms with Crippen LogP contribution in [0.2, 0.25) is 10.0 Å². The maximum Gasteiger partial charge on any atom is 0.258 e. The number of benzene rings is 1. The maximum absolute atomic E-state index is 12.6. The minimum absolute atomic E-state index is 0.186. The third-order valence-corrected chi connectivity index (χ3v) is 4.95. The minimum atomic E-state index is -0.390. The van der Waals surface area contributed by atoms with Crippen molar-refractivity contribution in [2.24, 2.45) is 0 Å². The summed E-state index contributed by atoms with van der Waals surface area (Å²) >= 11 is 13.9. The Hall–Kier alpha value is -2.09. The fraction of sp³-hybridized carbons (Fsp3) is 0.133. The second kappa shape index (κ2) is 6.80. The van der Waals surface area contributed by atoms with Crippen LogP contribution >= 0.6 is 34.5 Å². The lowest BCUT2D eigenvalue weighted by atomic mass is 10.2. The van der Waals surface area contributed by atoms with Crippen LogP contribution in [-0.2, 0) is 0 Å². The van der Waals surface area contributed by atoms with Crippen molar-refractivity contribution in [1.82, 2.24) is 9.97 Å². The smallest absolute Gasteiger partial charge is 0.258 e. The number of rotatable bonds is 4. The van der Waals surface area contributed by atoms with Crippen molar-refractivity contribution in [3.63, 3.8) is 0 Å². The second-order valence-corrected chi connectivity index (χ2v) is 6.29. The first-order valence-corrected chi connectivity index (χ1v) is 8.29. The Balaban J connectivity index is 2.03. The van der Waals surface area contributed by atoms with Crippen LogP contribution in [-0.4, -0.2) is 30.1 Å². The van der Waals surface area contributed by atoms with Gasteiger partial charge < -0.3 is 14.8 Å². The lowest BCUT2D eigenvalue weighted by molar-refractivity contribution is 0.102. The molecule has 124 valence electrons. The van der Waals surface area contributed by atoms with Gasteiger partial charge in [0, 0.05) is 17.6 Å². The van der Waals surface area contributed by atoms with Crippen LogP contribution in [0.4, 0.5) is 5.69 Å². The van der Waals surface area contributed by atoms with E-state index in [-0.39, 0.29) is 21.6 Å². The number of fused-ring (bicyclic) bond motifs is 1. The number of aromatic nitrogens is 2. The number of nitrogens with one attached hydrogen (secondary N) is 1. The molecular formula is C15H11Cl2N3O3S. The zero-order valence-corrected chi connectivity index (χ0v) is 14.9. The van der Waals surface area contributed by atoms with Crippen molar-refractivity contribution < 1.29 is 14.3 Å². The Labute approximate surface area is 151 Å². The second-order valence-electron chi connectivity index (χ2n) is 4.62. The number of carbonyl (C=O) groups is 1. The molecule has 0 aliphatic carbocycles. The van der Waals surface area contributed by atoms with E-state index in [9.17, 15) is 4.79 Å². The molecule has 2 aromatic heterocycles. The van der Waals surface area contributed by atoms with Gasteiger partial charge in [-0.3, -0.25) is 4.79 Å². The summed E-state index contributed by atoms with van der Waals surface area (Å²) in [4.78, 5) is 20.7. The summed E-state index contributed by atoms with van der Waals surface area (Å²) in [6.45, 7) is 0. The number of carbonyl (C=O) groups excluding carboxylic acids is 1. The zero-order valence-electron chi connectivity index (χ0n) is 12.6. The molecule has 0 saturated carbocycles. The molecule has 6 nitrogen and oxygen atoms in total. The number of amides is 1. The van der Waals surface area contributed by atoms with Crippen LogP contribution in [0.5, 0.6) is 11.5 Å². The van der Waals surface area contributed by atoms with E-state index < -0.39 is 0 Å². The van der Waals surface area contributed by atoms with Gasteiger partial charge in [0.25, 0.3) is 5.91 Å². The van der Waals surface area contributed by atoms with E-state index >= 15 is 0 Å². The minimum Gasteiger partial charge on any atom is -0.495 e. The first-order chi connectivity index (χ1) is 11.6. The third kappa shape index (κ3) is 2.86. The molecule has 1 amide bonds. The van der Waals surface area contributed by atoms with E-state index in [0.29, 0.717) is 22.6 Å². The molecule has 3 rings (SSSR count). The molecule has 0 bridgehead atoms. The molecule has 3 aromatic rings. The van der Waals surface area contributed by atoms with E-state index in [1.807, 2.05) is 0 Å². The normalized spacial score (nSPS) is 10.7. The monoisotopic (exact) mass is 383 g/mol. The number of halogens is 2. The number of thiophene rings is 1. The van der Waals surface area contributed by atoms with Crippen molar-refractivity contribution in [3.8, 4) is 11.5 Å². The van der Waals surface area contributed by atoms with E-state index in [0.717, 1.165) is 4.70 Å². The summed E-state index contributed by atoms with van der Waals surface area (Å²) in [6, 6.07) is 1.55. The van der Waals surface area contributed by atoms with Gasteiger partial charge in [0.2, 0.25) is 0 Å². The molecule has 0 radical (unpaired) electrons. The highest BCUT2D eigenvalue weighted by atomic mass is 35.5. The first kappa shape index (κ1) is 16.8. The van der Waals surface area contributed by atoms with Gasteiger partial charge in [-0.1, -0.05) is 23.2 Å². The molecule has 0 unspecified atom stereocenters. The highest BCUT2D eigenvalue weighted by Crippen LogP contribution is 2.44. The van der Waals surface area contributed by atoms with Crippen molar-refractivity contribution in [1.29, 1.82) is 0 Å². The number of nitrogens with zero attached hydrogens (tertiary/aromatic N) is 2. The SMILES string of the molecule is COc1cc(OC)c(Cl)c(NC(=O)c2csc3cncnc23)c1Cl. The van der Waals surface area contributed by atoms with Crippen LogP contribution in [0.3, 0.4) is 0 Å². The van der Waals surface area contributed by atoms with Gasteiger partial charge >= 0.3 is 0 Å². The lowest BCUT2D eigenvalue weighted by Gasteiger charge is -2.15. The Morgan fingerprint density at radius 3 is 2.50 bits per heavy atom. The quantitative estimate of drug-likeness (QED) is 0.727. The first-order valence-electron chi connectivity index (χ1n) is 6.65. The molecule has 0 aliphatic heterocycles. The van der Waals surface area contributed by atoms with Gasteiger partial charge in [-0.15, -0.1) is 11.3 Å². The van der Waals surface area contributed by atoms with E-state index in [2.05, 4.69) is 15.3 Å². The number of hydrogen-bond acceptors (Lipinski definition) is 6. The fourth-order valence-electron chi connectivity index (χ4n) is 2.12. The Kier molecular flexibility index (Phi) is 4.75. The van der Waals surface area contributed by atoms with Gasteiger partial charge in [0.1, 0.15) is 27.9 Å². The molecule has 9 heteroatoms. The third-order valence-electron chi connectivity index (χ3n) is 3.29. The van der Waals surface area contributed by atoms with Gasteiger partial charge in [0.15, 0.2) is 0 Å². The number of ether oxygens (including phenoxy) is 2. The molecule has 0 fully saturated rings. The molecule has 24 heavy (non-hydrogen) atoms. The summed E-state index contributed by atoms with van der Waals surface area (Å²) in [5.74, 6) is 0.287. The molecule has 1 N–H and O–H groups in total. The van der Waals surface area contributed by atoms with Gasteiger partial charge in [0.05, 0.1) is 35.7 Å². The number of methoxy groups -OCH3 is 2. The van der Waals surface area contributed by atoms with Crippen molar-refractivity contribution >= 4 is 56.3 Å². The molecule has 0 spiro atoms.